The van der Waals surface area contributed by atoms with Crippen LogP contribution in [0.25, 0.3) is 0 Å². The first-order valence-corrected chi connectivity index (χ1v) is 11.7. The molecule has 3 atom stereocenters. The molecule has 164 valence electrons. The molecule has 1 heterocycles. The van der Waals surface area contributed by atoms with Crippen molar-refractivity contribution in [2.75, 3.05) is 7.05 Å². The number of guanidine groups is 1. The lowest BCUT2D eigenvalue weighted by Gasteiger charge is -2.35. The zero-order valence-electron chi connectivity index (χ0n) is 19.4. The van der Waals surface area contributed by atoms with E-state index in [4.69, 9.17) is 5.73 Å². The van der Waals surface area contributed by atoms with Gasteiger partial charge in [-0.25, -0.2) is 4.99 Å². The molecule has 2 aliphatic carbocycles. The summed E-state index contributed by atoms with van der Waals surface area (Å²) in [5.41, 5.74) is 7.56. The Morgan fingerprint density at radius 3 is 2.52 bits per heavy atom. The molecule has 1 saturated carbocycles. The highest BCUT2D eigenvalue weighted by molar-refractivity contribution is 6.04. The minimum absolute atomic E-state index is 0.0781. The predicted molar refractivity (Wildman–Crippen MR) is 124 cm³/mol. The lowest BCUT2D eigenvalue weighted by molar-refractivity contribution is -0.127. The molecule has 4 nitrogen and oxygen atoms in total. The topological polar surface area (TPSA) is 58.7 Å². The van der Waals surface area contributed by atoms with Gasteiger partial charge in [0.05, 0.1) is 0 Å². The first-order chi connectivity index (χ1) is 13.8. The van der Waals surface area contributed by atoms with E-state index in [0.717, 1.165) is 18.8 Å². The molecular formula is C25H43N3O. The first-order valence-electron chi connectivity index (χ1n) is 11.7. The monoisotopic (exact) mass is 401 g/mol. The Balaban J connectivity index is 0.000000207. The molecule has 1 aliphatic heterocycles. The summed E-state index contributed by atoms with van der Waals surface area (Å²) in [6, 6.07) is -0.180. The van der Waals surface area contributed by atoms with E-state index in [-0.39, 0.29) is 11.9 Å². The number of carbonyl (C=O) groups excluding carboxylic acids is 1. The maximum Gasteiger partial charge on any atom is 0.254 e. The van der Waals surface area contributed by atoms with Crippen LogP contribution in [0.5, 0.6) is 0 Å². The number of unbranched alkanes of at least 4 members (excludes halogenated alkanes) is 2. The molecule has 1 amide bonds. The number of likely N-dealkylation sites (N-methyl/N-ethyl adjacent to an activating group) is 1. The predicted octanol–water partition coefficient (Wildman–Crippen LogP) is 5.84. The first kappa shape index (κ1) is 23.7. The number of nitrogens with zero attached hydrogens (tertiary/aromatic N) is 2. The standard InChI is InChI=1S/C15H26.C10H17N3O/c1-5-6-7-10-14(3)15(4)11-8-9-13(2)12-15;1-13-9(14)8(12-10(13)11)7-5-3-2-4-6-7/h8-9,11,14H,5-7,10,12H2,1-4H3;7-8H,2-6H2,1H3,(H2,11,12). The molecule has 4 heteroatoms. The Morgan fingerprint density at radius 1 is 1.28 bits per heavy atom. The van der Waals surface area contributed by atoms with Gasteiger partial charge in [0.25, 0.3) is 5.91 Å². The largest absolute Gasteiger partial charge is 0.369 e. The Morgan fingerprint density at radius 2 is 1.97 bits per heavy atom. The molecule has 3 unspecified atom stereocenters. The molecule has 29 heavy (non-hydrogen) atoms. The Labute approximate surface area is 178 Å². The lowest BCUT2D eigenvalue weighted by atomic mass is 9.70. The van der Waals surface area contributed by atoms with E-state index in [1.54, 1.807) is 7.05 Å². The van der Waals surface area contributed by atoms with Crippen LogP contribution in [0.1, 0.15) is 91.9 Å². The number of aliphatic imine (C=N–C) groups is 1. The van der Waals surface area contributed by atoms with E-state index in [2.05, 4.69) is 50.9 Å². The fourth-order valence-electron chi connectivity index (χ4n) is 4.87. The number of rotatable bonds is 6. The maximum atomic E-state index is 11.7. The fourth-order valence-corrected chi connectivity index (χ4v) is 4.87. The van der Waals surface area contributed by atoms with Gasteiger partial charge in [-0.1, -0.05) is 83.1 Å². The lowest BCUT2D eigenvalue weighted by Crippen LogP contribution is -2.37. The van der Waals surface area contributed by atoms with Crippen LogP contribution in [0.3, 0.4) is 0 Å². The van der Waals surface area contributed by atoms with E-state index in [1.807, 2.05) is 0 Å². The van der Waals surface area contributed by atoms with Gasteiger partial charge < -0.3 is 5.73 Å². The third-order valence-electron chi connectivity index (χ3n) is 7.18. The second-order valence-electron chi connectivity index (χ2n) is 9.68. The summed E-state index contributed by atoms with van der Waals surface area (Å²) in [5, 5.41) is 0. The summed E-state index contributed by atoms with van der Waals surface area (Å²) in [7, 11) is 1.70. The Bertz CT molecular complexity index is 630. The van der Waals surface area contributed by atoms with Crippen LogP contribution in [0.15, 0.2) is 28.8 Å². The van der Waals surface area contributed by atoms with Crippen molar-refractivity contribution in [3.8, 4) is 0 Å². The smallest absolute Gasteiger partial charge is 0.254 e. The van der Waals surface area contributed by atoms with Crippen LogP contribution < -0.4 is 5.73 Å². The average molecular weight is 402 g/mol. The molecular weight excluding hydrogens is 358 g/mol. The van der Waals surface area contributed by atoms with E-state index in [9.17, 15) is 4.79 Å². The Hall–Kier alpha value is -1.58. The van der Waals surface area contributed by atoms with Crippen LogP contribution in [0.4, 0.5) is 0 Å². The van der Waals surface area contributed by atoms with Crippen LogP contribution in [0.2, 0.25) is 0 Å². The highest BCUT2D eigenvalue weighted by Crippen LogP contribution is 2.40. The maximum absolute atomic E-state index is 11.7. The molecule has 0 saturated heterocycles. The van der Waals surface area contributed by atoms with Crippen molar-refractivity contribution in [1.82, 2.24) is 4.90 Å². The summed E-state index contributed by atoms with van der Waals surface area (Å²) < 4.78 is 0. The summed E-state index contributed by atoms with van der Waals surface area (Å²) in [6.45, 7) is 9.36. The molecule has 0 aromatic carbocycles. The van der Waals surface area contributed by atoms with Gasteiger partial charge in [0.1, 0.15) is 6.04 Å². The van der Waals surface area contributed by atoms with Crippen molar-refractivity contribution < 1.29 is 4.79 Å². The molecule has 3 aliphatic rings. The van der Waals surface area contributed by atoms with E-state index in [1.165, 1.54) is 61.8 Å². The van der Waals surface area contributed by atoms with Crippen LogP contribution in [-0.4, -0.2) is 29.9 Å². The minimum Gasteiger partial charge on any atom is -0.369 e. The molecule has 1 fully saturated rings. The number of allylic oxidation sites excluding steroid dienone is 4. The zero-order valence-corrected chi connectivity index (χ0v) is 19.4. The summed E-state index contributed by atoms with van der Waals surface area (Å²) in [5.74, 6) is 1.70. The van der Waals surface area contributed by atoms with Gasteiger partial charge in [0.15, 0.2) is 5.96 Å². The second-order valence-corrected chi connectivity index (χ2v) is 9.68. The van der Waals surface area contributed by atoms with Crippen molar-refractivity contribution in [2.45, 2.75) is 97.9 Å². The minimum atomic E-state index is -0.180. The number of nitrogens with two attached hydrogens (primary N) is 1. The van der Waals surface area contributed by atoms with Gasteiger partial charge in [0, 0.05) is 7.05 Å². The van der Waals surface area contributed by atoms with Crippen molar-refractivity contribution in [1.29, 1.82) is 0 Å². The summed E-state index contributed by atoms with van der Waals surface area (Å²) in [6.07, 6.45) is 19.7. The highest BCUT2D eigenvalue weighted by atomic mass is 16.2. The SMILES string of the molecule is CCCCCC(C)C1(C)C=CC=C(C)C1.CN1C(=O)C(C2CCCCC2)N=C1N. The fraction of sp³-hybridized carbons (Fsp3) is 0.760. The molecule has 3 rings (SSSR count). The van der Waals surface area contributed by atoms with E-state index >= 15 is 0 Å². The van der Waals surface area contributed by atoms with Crippen molar-refractivity contribution in [3.63, 3.8) is 0 Å². The quantitative estimate of drug-likeness (QED) is 0.569. The van der Waals surface area contributed by atoms with Gasteiger partial charge in [-0.2, -0.15) is 0 Å². The number of carbonyl (C=O) groups is 1. The molecule has 0 aromatic rings. The van der Waals surface area contributed by atoms with Gasteiger partial charge in [0.2, 0.25) is 0 Å². The highest BCUT2D eigenvalue weighted by Gasteiger charge is 2.36. The van der Waals surface area contributed by atoms with Crippen molar-refractivity contribution >= 4 is 11.9 Å². The third kappa shape index (κ3) is 6.45. The third-order valence-corrected chi connectivity index (χ3v) is 7.18. The Kier molecular flexibility index (Phi) is 8.98. The van der Waals surface area contributed by atoms with Gasteiger partial charge in [-0.15, -0.1) is 0 Å². The van der Waals surface area contributed by atoms with Crippen molar-refractivity contribution in [2.24, 2.45) is 28.0 Å². The number of hydrogen-bond donors (Lipinski definition) is 1. The van der Waals surface area contributed by atoms with E-state index in [0.29, 0.717) is 17.3 Å². The van der Waals surface area contributed by atoms with Gasteiger partial charge in [-0.3, -0.25) is 9.69 Å². The second kappa shape index (κ2) is 11.0. The van der Waals surface area contributed by atoms with E-state index < -0.39 is 0 Å². The van der Waals surface area contributed by atoms with Crippen molar-refractivity contribution in [3.05, 3.63) is 23.8 Å². The van der Waals surface area contributed by atoms with Crippen LogP contribution >= 0.6 is 0 Å². The number of hydrogen-bond acceptors (Lipinski definition) is 3. The van der Waals surface area contributed by atoms with Gasteiger partial charge in [-0.05, 0) is 49.9 Å². The van der Waals surface area contributed by atoms with Gasteiger partial charge >= 0.3 is 0 Å². The van der Waals surface area contributed by atoms with Crippen LogP contribution in [0, 0.1) is 17.3 Å². The molecule has 0 aromatic heterocycles. The van der Waals surface area contributed by atoms with Crippen LogP contribution in [-0.2, 0) is 4.79 Å². The average Bonchev–Trinajstić information content (AvgIpc) is 2.96. The molecule has 2 N–H and O–H groups in total. The summed E-state index contributed by atoms with van der Waals surface area (Å²) >= 11 is 0. The molecule has 0 bridgehead atoms. The number of amides is 1. The normalized spacial score (nSPS) is 28.5. The molecule has 0 radical (unpaired) electrons. The zero-order chi connectivity index (χ0) is 21.4. The summed E-state index contributed by atoms with van der Waals surface area (Å²) in [4.78, 5) is 17.5. The molecule has 0 spiro atoms.